The van der Waals surface area contributed by atoms with Gasteiger partial charge in [0.15, 0.2) is 0 Å². The van der Waals surface area contributed by atoms with Gasteiger partial charge in [-0.3, -0.25) is 4.79 Å². The van der Waals surface area contributed by atoms with Crippen molar-refractivity contribution in [3.05, 3.63) is 11.6 Å². The number of hydrogen-bond acceptors (Lipinski definition) is 4. The monoisotopic (exact) mass is 279 g/mol. The summed E-state index contributed by atoms with van der Waals surface area (Å²) < 4.78 is 7.40. The highest BCUT2D eigenvalue weighted by Gasteiger charge is 2.33. The molecule has 1 aromatic rings. The molecule has 1 aliphatic rings. The third-order valence-corrected chi connectivity index (χ3v) is 4.07. The normalized spacial score (nSPS) is 17.6. The summed E-state index contributed by atoms with van der Waals surface area (Å²) in [6, 6.07) is 0.440. The maximum Gasteiger partial charge on any atom is 0.316 e. The van der Waals surface area contributed by atoms with Crippen LogP contribution in [0.2, 0.25) is 0 Å². The van der Waals surface area contributed by atoms with Gasteiger partial charge in [-0.05, 0) is 32.6 Å². The second-order valence-corrected chi connectivity index (χ2v) is 5.89. The van der Waals surface area contributed by atoms with Crippen LogP contribution in [-0.2, 0) is 9.53 Å². The van der Waals surface area contributed by atoms with Crippen LogP contribution in [0.1, 0.15) is 70.1 Å². The Morgan fingerprint density at radius 2 is 2.00 bits per heavy atom. The molecule has 0 radical (unpaired) electrons. The molecule has 1 heterocycles. The lowest BCUT2D eigenvalue weighted by Crippen LogP contribution is -2.26. The first-order valence-corrected chi connectivity index (χ1v) is 7.64. The van der Waals surface area contributed by atoms with Crippen LogP contribution >= 0.6 is 0 Å². The van der Waals surface area contributed by atoms with Crippen molar-refractivity contribution in [2.75, 3.05) is 6.61 Å². The largest absolute Gasteiger partial charge is 0.465 e. The number of carbonyl (C=O) groups is 1. The number of rotatable bonds is 5. The fourth-order valence-electron chi connectivity index (χ4n) is 3.12. The Hall–Kier alpha value is -1.39. The molecule has 1 unspecified atom stereocenters. The zero-order chi connectivity index (χ0) is 14.7. The molecule has 20 heavy (non-hydrogen) atoms. The molecule has 1 fully saturated rings. The minimum absolute atomic E-state index is 0.151. The van der Waals surface area contributed by atoms with Gasteiger partial charge in [0.05, 0.1) is 6.61 Å². The predicted molar refractivity (Wildman–Crippen MR) is 76.5 cm³/mol. The first-order chi connectivity index (χ1) is 9.56. The predicted octanol–water partition coefficient (Wildman–Crippen LogP) is 3.00. The Bertz CT molecular complexity index is 462. The van der Waals surface area contributed by atoms with Gasteiger partial charge in [0.25, 0.3) is 0 Å². The van der Waals surface area contributed by atoms with E-state index in [2.05, 4.69) is 14.8 Å². The van der Waals surface area contributed by atoms with Gasteiger partial charge in [-0.15, -0.1) is 10.2 Å². The number of aryl methyl sites for hydroxylation is 1. The van der Waals surface area contributed by atoms with Crippen LogP contribution in [-0.4, -0.2) is 27.3 Å². The molecule has 5 nitrogen and oxygen atoms in total. The molecule has 0 amide bonds. The molecule has 2 rings (SSSR count). The van der Waals surface area contributed by atoms with E-state index in [9.17, 15) is 4.79 Å². The molecule has 1 aromatic heterocycles. The van der Waals surface area contributed by atoms with Gasteiger partial charge < -0.3 is 9.30 Å². The molecule has 1 saturated carbocycles. The third kappa shape index (κ3) is 2.86. The van der Waals surface area contributed by atoms with Gasteiger partial charge in [-0.25, -0.2) is 0 Å². The number of nitrogens with zero attached hydrogens (tertiary/aromatic N) is 3. The number of esters is 1. The lowest BCUT2D eigenvalue weighted by Gasteiger charge is -2.22. The maximum absolute atomic E-state index is 12.3. The highest BCUT2D eigenvalue weighted by molar-refractivity contribution is 5.77. The van der Waals surface area contributed by atoms with E-state index in [1.807, 2.05) is 27.7 Å². The summed E-state index contributed by atoms with van der Waals surface area (Å²) in [5.41, 5.74) is 0. The molecular weight excluding hydrogens is 254 g/mol. The molecule has 5 heteroatoms. The van der Waals surface area contributed by atoms with Crippen molar-refractivity contribution in [3.63, 3.8) is 0 Å². The molecule has 1 atom stereocenters. The lowest BCUT2D eigenvalue weighted by molar-refractivity contribution is -0.146. The van der Waals surface area contributed by atoms with Gasteiger partial charge in [-0.2, -0.15) is 0 Å². The highest BCUT2D eigenvalue weighted by atomic mass is 16.5. The average Bonchev–Trinajstić information content (AvgIpc) is 2.99. The molecule has 112 valence electrons. The summed E-state index contributed by atoms with van der Waals surface area (Å²) in [6.07, 6.45) is 4.79. The van der Waals surface area contributed by atoms with E-state index in [0.29, 0.717) is 12.6 Å². The van der Waals surface area contributed by atoms with Crippen molar-refractivity contribution in [2.24, 2.45) is 5.92 Å². The molecule has 0 aromatic carbocycles. The Kier molecular flexibility index (Phi) is 4.78. The Labute approximate surface area is 120 Å². The van der Waals surface area contributed by atoms with E-state index in [1.165, 1.54) is 12.8 Å². The van der Waals surface area contributed by atoms with Gasteiger partial charge in [0.2, 0.25) is 0 Å². The van der Waals surface area contributed by atoms with E-state index in [0.717, 1.165) is 24.5 Å². The summed E-state index contributed by atoms with van der Waals surface area (Å²) in [5.74, 6) is 1.33. The number of hydrogen-bond donors (Lipinski definition) is 0. The Balaban J connectivity index is 2.36. The highest BCUT2D eigenvalue weighted by Crippen LogP contribution is 2.34. The summed E-state index contributed by atoms with van der Waals surface area (Å²) in [6.45, 7) is 8.27. The first-order valence-electron chi connectivity index (χ1n) is 7.64. The summed E-state index contributed by atoms with van der Waals surface area (Å²) in [4.78, 5) is 12.3. The van der Waals surface area contributed by atoms with Crippen molar-refractivity contribution in [1.82, 2.24) is 14.8 Å². The number of carbonyl (C=O) groups excluding carboxylic acids is 1. The van der Waals surface area contributed by atoms with Crippen molar-refractivity contribution in [2.45, 2.75) is 65.3 Å². The van der Waals surface area contributed by atoms with E-state index >= 15 is 0 Å². The van der Waals surface area contributed by atoms with Gasteiger partial charge >= 0.3 is 5.97 Å². The van der Waals surface area contributed by atoms with Crippen LogP contribution in [0.25, 0.3) is 0 Å². The molecule has 1 aliphatic carbocycles. The van der Waals surface area contributed by atoms with Crippen LogP contribution in [0.3, 0.4) is 0 Å². The van der Waals surface area contributed by atoms with Crippen molar-refractivity contribution < 1.29 is 9.53 Å². The third-order valence-electron chi connectivity index (χ3n) is 4.07. The zero-order valence-electron chi connectivity index (χ0n) is 12.9. The molecule has 0 aliphatic heterocycles. The molecule has 0 N–H and O–H groups in total. The fraction of sp³-hybridized carbons (Fsp3) is 0.800. The standard InChI is InChI=1S/C15H25N3O2/c1-5-20-15(19)13(10(2)3)14-17-16-11(4)18(14)12-8-6-7-9-12/h10,12-13H,5-9H2,1-4H3. The second-order valence-electron chi connectivity index (χ2n) is 5.89. The fourth-order valence-corrected chi connectivity index (χ4v) is 3.12. The van der Waals surface area contributed by atoms with Gasteiger partial charge in [0.1, 0.15) is 17.6 Å². The minimum Gasteiger partial charge on any atom is -0.465 e. The lowest BCUT2D eigenvalue weighted by atomic mass is 9.94. The summed E-state index contributed by atoms with van der Waals surface area (Å²) in [5, 5.41) is 8.51. The van der Waals surface area contributed by atoms with Crippen LogP contribution in [0.4, 0.5) is 0 Å². The summed E-state index contributed by atoms with van der Waals surface area (Å²) in [7, 11) is 0. The second kappa shape index (κ2) is 6.37. The zero-order valence-corrected chi connectivity index (χ0v) is 12.9. The molecule has 0 bridgehead atoms. The maximum atomic E-state index is 12.3. The van der Waals surface area contributed by atoms with Crippen molar-refractivity contribution >= 4 is 5.97 Å². The average molecular weight is 279 g/mol. The Morgan fingerprint density at radius 3 is 2.55 bits per heavy atom. The van der Waals surface area contributed by atoms with Crippen LogP contribution in [0.15, 0.2) is 0 Å². The Morgan fingerprint density at radius 1 is 1.35 bits per heavy atom. The topological polar surface area (TPSA) is 57.0 Å². The van der Waals surface area contributed by atoms with Crippen LogP contribution in [0, 0.1) is 12.8 Å². The SMILES string of the molecule is CCOC(=O)C(c1nnc(C)n1C1CCCC1)C(C)C. The van der Waals surface area contributed by atoms with Crippen LogP contribution < -0.4 is 0 Å². The van der Waals surface area contributed by atoms with E-state index in [-0.39, 0.29) is 17.8 Å². The van der Waals surface area contributed by atoms with Crippen LogP contribution in [0.5, 0.6) is 0 Å². The van der Waals surface area contributed by atoms with Gasteiger partial charge in [0, 0.05) is 6.04 Å². The minimum atomic E-state index is -0.322. The van der Waals surface area contributed by atoms with Crippen molar-refractivity contribution in [3.8, 4) is 0 Å². The van der Waals surface area contributed by atoms with E-state index in [1.54, 1.807) is 0 Å². The molecular formula is C15H25N3O2. The number of aromatic nitrogens is 3. The molecule has 0 saturated heterocycles. The number of ether oxygens (including phenoxy) is 1. The first kappa shape index (κ1) is 15.0. The molecule has 0 spiro atoms. The van der Waals surface area contributed by atoms with Gasteiger partial charge in [-0.1, -0.05) is 26.7 Å². The van der Waals surface area contributed by atoms with Crippen molar-refractivity contribution in [1.29, 1.82) is 0 Å². The van der Waals surface area contributed by atoms with E-state index in [4.69, 9.17) is 4.74 Å². The van der Waals surface area contributed by atoms with E-state index < -0.39 is 0 Å². The summed E-state index contributed by atoms with van der Waals surface area (Å²) >= 11 is 0. The smallest absolute Gasteiger partial charge is 0.316 e. The quantitative estimate of drug-likeness (QED) is 0.777.